The minimum Gasteiger partial charge on any atom is -0.396 e. The Morgan fingerprint density at radius 1 is 1.36 bits per heavy atom. The van der Waals surface area contributed by atoms with Crippen molar-refractivity contribution in [1.29, 1.82) is 0 Å². The molecule has 1 aromatic rings. The number of benzene rings is 1. The molecule has 2 N–H and O–H groups in total. The lowest BCUT2D eigenvalue weighted by Crippen LogP contribution is -2.30. The van der Waals surface area contributed by atoms with Crippen molar-refractivity contribution >= 4 is 17.5 Å². The molecule has 1 saturated heterocycles. The Balaban J connectivity index is 2.08. The first kappa shape index (κ1) is 16.5. The van der Waals surface area contributed by atoms with Crippen LogP contribution in [0.25, 0.3) is 0 Å². The minimum atomic E-state index is -0.483. The molecule has 1 aliphatic rings. The number of rotatable bonds is 3. The van der Waals surface area contributed by atoms with Gasteiger partial charge in [0.1, 0.15) is 0 Å². The van der Waals surface area contributed by atoms with E-state index in [0.717, 1.165) is 6.42 Å². The molecule has 0 bridgehead atoms. The lowest BCUT2D eigenvalue weighted by atomic mass is 9.95. The molecule has 0 aromatic heterocycles. The summed E-state index contributed by atoms with van der Waals surface area (Å²) in [6, 6.07) is 7.01. The van der Waals surface area contributed by atoms with E-state index < -0.39 is 5.41 Å². The van der Waals surface area contributed by atoms with Gasteiger partial charge < -0.3 is 15.3 Å². The minimum absolute atomic E-state index is 0.0530. The Morgan fingerprint density at radius 2 is 2.09 bits per heavy atom. The molecule has 120 valence electrons. The second-order valence-corrected chi connectivity index (χ2v) is 6.87. The number of nitrogens with zero attached hydrogens (tertiary/aromatic N) is 1. The quantitative estimate of drug-likeness (QED) is 0.898. The number of aliphatic hydroxyl groups is 1. The van der Waals surface area contributed by atoms with E-state index in [1.807, 2.05) is 20.8 Å². The van der Waals surface area contributed by atoms with Crippen molar-refractivity contribution < 1.29 is 14.7 Å². The maximum Gasteiger partial charge on any atom is 0.253 e. The zero-order chi connectivity index (χ0) is 16.3. The lowest BCUT2D eigenvalue weighted by Gasteiger charge is -2.19. The summed E-state index contributed by atoms with van der Waals surface area (Å²) in [5.74, 6) is 0.0362. The SMILES string of the molecule is CC(C)(C)C(=O)Nc1cccc(C(=O)N2CCC(CO)C2)c1. The van der Waals surface area contributed by atoms with Gasteiger partial charge in [-0.25, -0.2) is 0 Å². The van der Waals surface area contributed by atoms with E-state index in [1.54, 1.807) is 29.2 Å². The van der Waals surface area contributed by atoms with Crippen molar-refractivity contribution in [2.75, 3.05) is 25.0 Å². The highest BCUT2D eigenvalue weighted by Gasteiger charge is 2.27. The topological polar surface area (TPSA) is 69.6 Å². The summed E-state index contributed by atoms with van der Waals surface area (Å²) < 4.78 is 0. The molecule has 2 rings (SSSR count). The zero-order valence-corrected chi connectivity index (χ0v) is 13.4. The Bertz CT molecular complexity index is 563. The molecule has 5 nitrogen and oxygen atoms in total. The van der Waals surface area contributed by atoms with Crippen LogP contribution in [-0.2, 0) is 4.79 Å². The Labute approximate surface area is 131 Å². The van der Waals surface area contributed by atoms with Crippen molar-refractivity contribution in [3.05, 3.63) is 29.8 Å². The van der Waals surface area contributed by atoms with E-state index in [4.69, 9.17) is 0 Å². The van der Waals surface area contributed by atoms with Gasteiger partial charge in [0.25, 0.3) is 5.91 Å². The largest absolute Gasteiger partial charge is 0.396 e. The third-order valence-electron chi connectivity index (χ3n) is 3.88. The number of nitrogens with one attached hydrogen (secondary N) is 1. The van der Waals surface area contributed by atoms with Gasteiger partial charge in [0.05, 0.1) is 0 Å². The zero-order valence-electron chi connectivity index (χ0n) is 13.4. The van der Waals surface area contributed by atoms with E-state index in [0.29, 0.717) is 24.3 Å². The fourth-order valence-corrected chi connectivity index (χ4v) is 2.40. The third-order valence-corrected chi connectivity index (χ3v) is 3.88. The molecule has 1 unspecified atom stereocenters. The first-order valence-electron chi connectivity index (χ1n) is 7.63. The number of hydrogen-bond donors (Lipinski definition) is 2. The molecule has 0 radical (unpaired) electrons. The van der Waals surface area contributed by atoms with Crippen molar-refractivity contribution in [1.82, 2.24) is 4.90 Å². The van der Waals surface area contributed by atoms with Crippen LogP contribution in [0.2, 0.25) is 0 Å². The molecule has 0 aliphatic carbocycles. The Kier molecular flexibility index (Phi) is 4.86. The summed E-state index contributed by atoms with van der Waals surface area (Å²) in [5, 5.41) is 12.0. The molecular formula is C17H24N2O3. The molecule has 1 fully saturated rings. The van der Waals surface area contributed by atoms with E-state index >= 15 is 0 Å². The number of anilines is 1. The summed E-state index contributed by atoms with van der Waals surface area (Å²) >= 11 is 0. The Hall–Kier alpha value is -1.88. The van der Waals surface area contributed by atoms with Gasteiger partial charge in [0.15, 0.2) is 0 Å². The number of hydrogen-bond acceptors (Lipinski definition) is 3. The maximum atomic E-state index is 12.5. The normalized spacial score (nSPS) is 18.4. The second-order valence-electron chi connectivity index (χ2n) is 6.87. The van der Waals surface area contributed by atoms with Gasteiger partial charge in [-0.1, -0.05) is 26.8 Å². The molecule has 0 spiro atoms. The molecule has 1 aromatic carbocycles. The number of carbonyl (C=O) groups excluding carboxylic acids is 2. The Morgan fingerprint density at radius 3 is 2.68 bits per heavy atom. The smallest absolute Gasteiger partial charge is 0.253 e. The predicted molar refractivity (Wildman–Crippen MR) is 85.6 cm³/mol. The monoisotopic (exact) mass is 304 g/mol. The van der Waals surface area contributed by atoms with Gasteiger partial charge in [-0.05, 0) is 24.6 Å². The number of aliphatic hydroxyl groups excluding tert-OH is 1. The van der Waals surface area contributed by atoms with E-state index in [9.17, 15) is 14.7 Å². The molecule has 5 heteroatoms. The summed E-state index contributed by atoms with van der Waals surface area (Å²) in [7, 11) is 0. The van der Waals surface area contributed by atoms with E-state index in [-0.39, 0.29) is 24.3 Å². The highest BCUT2D eigenvalue weighted by molar-refractivity contribution is 5.98. The predicted octanol–water partition coefficient (Wildman–Crippen LogP) is 2.13. The van der Waals surface area contributed by atoms with Gasteiger partial charge in [-0.15, -0.1) is 0 Å². The van der Waals surface area contributed by atoms with Crippen LogP contribution in [0.3, 0.4) is 0 Å². The van der Waals surface area contributed by atoms with Crippen LogP contribution in [-0.4, -0.2) is 41.5 Å². The summed E-state index contributed by atoms with van der Waals surface area (Å²) in [6.07, 6.45) is 0.836. The number of amides is 2. The molecular weight excluding hydrogens is 280 g/mol. The molecule has 1 aliphatic heterocycles. The van der Waals surface area contributed by atoms with Crippen molar-refractivity contribution in [2.24, 2.45) is 11.3 Å². The standard InChI is InChI=1S/C17H24N2O3/c1-17(2,3)16(22)18-14-6-4-5-13(9-14)15(21)19-8-7-12(10-19)11-20/h4-6,9,12,20H,7-8,10-11H2,1-3H3,(H,18,22). The van der Waals surface area contributed by atoms with Crippen molar-refractivity contribution in [3.8, 4) is 0 Å². The summed E-state index contributed by atoms with van der Waals surface area (Å²) in [6.45, 7) is 6.91. The van der Waals surface area contributed by atoms with Crippen LogP contribution >= 0.6 is 0 Å². The molecule has 2 amide bonds. The van der Waals surface area contributed by atoms with Gasteiger partial charge in [0.2, 0.25) is 5.91 Å². The van der Waals surface area contributed by atoms with Crippen molar-refractivity contribution in [2.45, 2.75) is 27.2 Å². The molecule has 22 heavy (non-hydrogen) atoms. The highest BCUT2D eigenvalue weighted by atomic mass is 16.3. The van der Waals surface area contributed by atoms with Gasteiger partial charge in [-0.2, -0.15) is 0 Å². The van der Waals surface area contributed by atoms with E-state index in [2.05, 4.69) is 5.32 Å². The fourth-order valence-electron chi connectivity index (χ4n) is 2.40. The molecule has 1 atom stereocenters. The average Bonchev–Trinajstić information content (AvgIpc) is 2.94. The van der Waals surface area contributed by atoms with Crippen LogP contribution in [0.5, 0.6) is 0 Å². The first-order chi connectivity index (χ1) is 10.3. The van der Waals surface area contributed by atoms with Gasteiger partial charge in [-0.3, -0.25) is 9.59 Å². The summed E-state index contributed by atoms with van der Waals surface area (Å²) in [4.78, 5) is 26.2. The molecule has 0 saturated carbocycles. The van der Waals surface area contributed by atoms with E-state index in [1.165, 1.54) is 0 Å². The van der Waals surface area contributed by atoms with Crippen molar-refractivity contribution in [3.63, 3.8) is 0 Å². The van der Waals surface area contributed by atoms with Crippen LogP contribution < -0.4 is 5.32 Å². The number of carbonyl (C=O) groups is 2. The second kappa shape index (κ2) is 6.48. The van der Waals surface area contributed by atoms with Gasteiger partial charge >= 0.3 is 0 Å². The third kappa shape index (κ3) is 3.85. The maximum absolute atomic E-state index is 12.5. The fraction of sp³-hybridized carbons (Fsp3) is 0.529. The van der Waals surface area contributed by atoms with Crippen LogP contribution in [0.4, 0.5) is 5.69 Å². The summed E-state index contributed by atoms with van der Waals surface area (Å²) in [5.41, 5.74) is 0.706. The number of likely N-dealkylation sites (tertiary alicyclic amines) is 1. The highest BCUT2D eigenvalue weighted by Crippen LogP contribution is 2.21. The van der Waals surface area contributed by atoms with Crippen LogP contribution in [0.15, 0.2) is 24.3 Å². The van der Waals surface area contributed by atoms with Crippen LogP contribution in [0.1, 0.15) is 37.6 Å². The molecule has 1 heterocycles. The average molecular weight is 304 g/mol. The lowest BCUT2D eigenvalue weighted by molar-refractivity contribution is -0.123. The van der Waals surface area contributed by atoms with Gasteiger partial charge in [0, 0.05) is 42.3 Å². The van der Waals surface area contributed by atoms with Crippen LogP contribution in [0, 0.1) is 11.3 Å². The first-order valence-corrected chi connectivity index (χ1v) is 7.63.